The molecule has 0 spiro atoms. The van der Waals surface area contributed by atoms with E-state index in [-0.39, 0.29) is 6.03 Å². The van der Waals surface area contributed by atoms with Crippen LogP contribution in [0.3, 0.4) is 0 Å². The fourth-order valence-corrected chi connectivity index (χ4v) is 3.68. The summed E-state index contributed by atoms with van der Waals surface area (Å²) in [5, 5.41) is 10.1. The molecule has 0 radical (unpaired) electrons. The van der Waals surface area contributed by atoms with E-state index < -0.39 is 0 Å². The van der Waals surface area contributed by atoms with E-state index >= 15 is 0 Å². The number of piperidine rings is 1. The van der Waals surface area contributed by atoms with Crippen molar-refractivity contribution in [1.29, 1.82) is 0 Å². The molecule has 2 aliphatic rings. The molecular weight excluding hydrogens is 300 g/mol. The topological polar surface area (TPSA) is 65.5 Å². The summed E-state index contributed by atoms with van der Waals surface area (Å²) in [7, 11) is 0. The smallest absolute Gasteiger partial charge is 0.315 e. The van der Waals surface area contributed by atoms with Crippen LogP contribution in [0.25, 0.3) is 0 Å². The number of hydrogen-bond acceptors (Lipinski definition) is 3. The van der Waals surface area contributed by atoms with Gasteiger partial charge in [0.2, 0.25) is 0 Å². The van der Waals surface area contributed by atoms with Gasteiger partial charge in [-0.25, -0.2) is 9.79 Å². The summed E-state index contributed by atoms with van der Waals surface area (Å²) in [6, 6.07) is 10.2. The van der Waals surface area contributed by atoms with Gasteiger partial charge in [0.15, 0.2) is 0 Å². The van der Waals surface area contributed by atoms with E-state index in [0.29, 0.717) is 18.0 Å². The molecule has 0 bridgehead atoms. The Morgan fingerprint density at radius 3 is 2.75 bits per heavy atom. The van der Waals surface area contributed by atoms with Crippen molar-refractivity contribution in [3.63, 3.8) is 0 Å². The number of hydrogen-bond donors (Lipinski definition) is 3. The summed E-state index contributed by atoms with van der Waals surface area (Å²) < 4.78 is 0. The van der Waals surface area contributed by atoms with Crippen molar-refractivity contribution in [2.75, 3.05) is 18.4 Å². The quantitative estimate of drug-likeness (QED) is 0.744. The van der Waals surface area contributed by atoms with Crippen molar-refractivity contribution >= 4 is 17.9 Å². The maximum Gasteiger partial charge on any atom is 0.345 e. The molecule has 2 unspecified atom stereocenters. The second-order valence-corrected chi connectivity index (χ2v) is 6.84. The molecule has 1 aromatic carbocycles. The highest BCUT2D eigenvalue weighted by Crippen LogP contribution is 2.24. The van der Waals surface area contributed by atoms with Crippen LogP contribution >= 0.6 is 0 Å². The number of nitrogens with one attached hydrogen (secondary N) is 3. The molecule has 3 rings (SSSR count). The van der Waals surface area contributed by atoms with Crippen LogP contribution in [0.4, 0.5) is 10.5 Å². The molecule has 3 N–H and O–H groups in total. The van der Waals surface area contributed by atoms with Gasteiger partial charge in [-0.3, -0.25) is 0 Å². The van der Waals surface area contributed by atoms with Gasteiger partial charge in [-0.05, 0) is 44.4 Å². The highest BCUT2D eigenvalue weighted by Gasteiger charge is 2.26. The molecule has 1 saturated heterocycles. The second-order valence-electron chi connectivity index (χ2n) is 6.84. The summed E-state index contributed by atoms with van der Waals surface area (Å²) >= 11 is 0. The van der Waals surface area contributed by atoms with Gasteiger partial charge < -0.3 is 16.0 Å². The monoisotopic (exact) mass is 328 g/mol. The molecular formula is C19H28N4O. The van der Waals surface area contributed by atoms with Gasteiger partial charge >= 0.3 is 6.03 Å². The number of anilines is 1. The molecule has 1 aromatic rings. The lowest BCUT2D eigenvalue weighted by molar-refractivity contribution is 0.258. The molecule has 24 heavy (non-hydrogen) atoms. The van der Waals surface area contributed by atoms with Crippen molar-refractivity contribution in [3.05, 3.63) is 30.3 Å². The number of benzene rings is 1. The molecule has 1 saturated carbocycles. The number of nitrogens with zero attached hydrogens (tertiary/aromatic N) is 1. The minimum Gasteiger partial charge on any atom is -0.315 e. The van der Waals surface area contributed by atoms with E-state index in [1.54, 1.807) is 0 Å². The Kier molecular flexibility index (Phi) is 6.38. The van der Waals surface area contributed by atoms with Gasteiger partial charge in [-0.1, -0.05) is 31.0 Å². The Morgan fingerprint density at radius 2 is 1.96 bits per heavy atom. The fourth-order valence-electron chi connectivity index (χ4n) is 3.68. The van der Waals surface area contributed by atoms with Gasteiger partial charge in [-0.2, -0.15) is 0 Å². The van der Waals surface area contributed by atoms with Crippen LogP contribution in [-0.2, 0) is 0 Å². The number of urea groups is 1. The molecule has 2 amide bonds. The number of para-hydroxylation sites is 1. The third-order valence-corrected chi connectivity index (χ3v) is 4.97. The first-order valence-electron chi connectivity index (χ1n) is 9.18. The Hall–Kier alpha value is -1.72. The predicted octanol–water partition coefficient (Wildman–Crippen LogP) is 3.19. The van der Waals surface area contributed by atoms with Crippen molar-refractivity contribution in [2.45, 2.75) is 50.6 Å². The maximum atomic E-state index is 12.0. The summed E-state index contributed by atoms with van der Waals surface area (Å²) in [5.41, 5.74) is 0.784. The third-order valence-electron chi connectivity index (χ3n) is 4.97. The Balaban J connectivity index is 1.53. The lowest BCUT2D eigenvalue weighted by atomic mass is 9.84. The van der Waals surface area contributed by atoms with E-state index in [2.05, 4.69) is 20.9 Å². The third kappa shape index (κ3) is 5.14. The second kappa shape index (κ2) is 8.94. The normalized spacial score (nSPS) is 27.9. The first kappa shape index (κ1) is 17.1. The van der Waals surface area contributed by atoms with E-state index in [4.69, 9.17) is 0 Å². The predicted molar refractivity (Wildman–Crippen MR) is 98.7 cm³/mol. The van der Waals surface area contributed by atoms with E-state index in [1.165, 1.54) is 32.1 Å². The van der Waals surface area contributed by atoms with E-state index in [0.717, 1.165) is 25.2 Å². The fraction of sp³-hybridized carbons (Fsp3) is 0.579. The Morgan fingerprint density at radius 1 is 1.12 bits per heavy atom. The van der Waals surface area contributed by atoms with Crippen molar-refractivity contribution in [2.24, 2.45) is 10.9 Å². The lowest BCUT2D eigenvalue weighted by Crippen LogP contribution is -2.50. The summed E-state index contributed by atoms with van der Waals surface area (Å²) in [5.74, 6) is 0.349. The molecule has 5 heteroatoms. The lowest BCUT2D eigenvalue weighted by Gasteiger charge is -2.35. The zero-order valence-electron chi connectivity index (χ0n) is 14.2. The van der Waals surface area contributed by atoms with Crippen LogP contribution in [0.1, 0.15) is 38.5 Å². The standard InChI is InChI=1S/C19H28N4O/c24-19(23-16-8-2-1-3-9-16)21-13-15-7-4-5-11-18(15)22-17-10-6-12-20-14-17/h1-3,8-9,13,15,17-18,20,22H,4-7,10-12,14H2,(H,23,24)/b21-13+/t15?,17?,18-/m1/s1. The van der Waals surface area contributed by atoms with Crippen molar-refractivity contribution in [1.82, 2.24) is 10.6 Å². The molecule has 3 atom stereocenters. The first-order chi connectivity index (χ1) is 11.8. The number of aliphatic imine (C=N–C) groups is 1. The summed E-state index contributed by atoms with van der Waals surface area (Å²) in [6.45, 7) is 2.18. The maximum absolute atomic E-state index is 12.0. The summed E-state index contributed by atoms with van der Waals surface area (Å²) in [6.07, 6.45) is 9.11. The highest BCUT2D eigenvalue weighted by atomic mass is 16.2. The molecule has 0 aromatic heterocycles. The Labute approximate surface area is 144 Å². The largest absolute Gasteiger partial charge is 0.345 e. The minimum atomic E-state index is -0.287. The molecule has 130 valence electrons. The number of carbonyl (C=O) groups is 1. The number of amides is 2. The van der Waals surface area contributed by atoms with Crippen molar-refractivity contribution < 1.29 is 4.79 Å². The molecule has 1 aliphatic heterocycles. The zero-order chi connectivity index (χ0) is 16.6. The zero-order valence-corrected chi connectivity index (χ0v) is 14.2. The molecule has 2 fully saturated rings. The van der Waals surface area contributed by atoms with Crippen LogP contribution in [0.5, 0.6) is 0 Å². The van der Waals surface area contributed by atoms with E-state index in [1.807, 2.05) is 36.5 Å². The average molecular weight is 328 g/mol. The molecule has 5 nitrogen and oxygen atoms in total. The minimum absolute atomic E-state index is 0.287. The van der Waals surface area contributed by atoms with Crippen LogP contribution in [0, 0.1) is 5.92 Å². The van der Waals surface area contributed by atoms with Crippen molar-refractivity contribution in [3.8, 4) is 0 Å². The van der Waals surface area contributed by atoms with Crippen LogP contribution in [0.15, 0.2) is 35.3 Å². The van der Waals surface area contributed by atoms with Gasteiger partial charge in [-0.15, -0.1) is 0 Å². The average Bonchev–Trinajstić information content (AvgIpc) is 2.63. The van der Waals surface area contributed by atoms with Crippen LogP contribution in [-0.4, -0.2) is 37.4 Å². The van der Waals surface area contributed by atoms with Gasteiger partial charge in [0.1, 0.15) is 0 Å². The summed E-state index contributed by atoms with van der Waals surface area (Å²) in [4.78, 5) is 16.2. The van der Waals surface area contributed by atoms with Crippen LogP contribution in [0.2, 0.25) is 0 Å². The van der Waals surface area contributed by atoms with E-state index in [9.17, 15) is 4.79 Å². The molecule has 1 aliphatic carbocycles. The highest BCUT2D eigenvalue weighted by molar-refractivity contribution is 5.94. The van der Waals surface area contributed by atoms with Gasteiger partial charge in [0.25, 0.3) is 0 Å². The Bertz CT molecular complexity index is 540. The first-order valence-corrected chi connectivity index (χ1v) is 9.18. The van der Waals surface area contributed by atoms with Gasteiger partial charge in [0, 0.05) is 36.4 Å². The number of carbonyl (C=O) groups excluding carboxylic acids is 1. The molecule has 1 heterocycles. The van der Waals surface area contributed by atoms with Crippen LogP contribution < -0.4 is 16.0 Å². The number of rotatable bonds is 4. The SMILES string of the molecule is O=C(/N=C/C1CCCC[C@H]1NC1CCCNC1)Nc1ccccc1. The van der Waals surface area contributed by atoms with Gasteiger partial charge in [0.05, 0.1) is 0 Å².